The van der Waals surface area contributed by atoms with E-state index in [-0.39, 0.29) is 0 Å². The van der Waals surface area contributed by atoms with Gasteiger partial charge in [-0.2, -0.15) is 0 Å². The molecule has 0 fully saturated rings. The van der Waals surface area contributed by atoms with Crippen molar-refractivity contribution in [1.29, 1.82) is 0 Å². The van der Waals surface area contributed by atoms with Gasteiger partial charge < -0.3 is 10.5 Å². The van der Waals surface area contributed by atoms with Gasteiger partial charge in [-0.05, 0) is 64.9 Å². The van der Waals surface area contributed by atoms with Gasteiger partial charge in [-0.1, -0.05) is 30.3 Å². The Bertz CT molecular complexity index is 496. The normalized spacial score (nSPS) is 10.3. The van der Waals surface area contributed by atoms with Crippen molar-refractivity contribution in [3.05, 3.63) is 63.2 Å². The molecule has 0 aliphatic carbocycles. The van der Waals surface area contributed by atoms with E-state index in [4.69, 9.17) is 10.5 Å². The lowest BCUT2D eigenvalue weighted by molar-refractivity contribution is 0.306. The average molecular weight is 353 g/mol. The predicted molar refractivity (Wildman–Crippen MR) is 82.7 cm³/mol. The molecule has 2 nitrogen and oxygen atoms in total. The van der Waals surface area contributed by atoms with Crippen molar-refractivity contribution < 1.29 is 4.74 Å². The first kappa shape index (κ1) is 13.4. The molecule has 0 amide bonds. The molecular formula is C15H16INO. The molecule has 2 aromatic carbocycles. The van der Waals surface area contributed by atoms with Crippen LogP contribution in [0.5, 0.6) is 5.75 Å². The second-order valence-electron chi connectivity index (χ2n) is 4.10. The topological polar surface area (TPSA) is 35.2 Å². The highest BCUT2D eigenvalue weighted by Crippen LogP contribution is 2.16. The Kier molecular flexibility index (Phi) is 5.01. The van der Waals surface area contributed by atoms with Gasteiger partial charge in [0.05, 0.1) is 0 Å². The van der Waals surface area contributed by atoms with Crippen molar-refractivity contribution in [3.63, 3.8) is 0 Å². The first-order chi connectivity index (χ1) is 8.78. The summed E-state index contributed by atoms with van der Waals surface area (Å²) in [6, 6.07) is 16.5. The molecule has 3 heteroatoms. The summed E-state index contributed by atoms with van der Waals surface area (Å²) >= 11 is 2.28. The van der Waals surface area contributed by atoms with Gasteiger partial charge >= 0.3 is 0 Å². The predicted octanol–water partition coefficient (Wildman–Crippen LogP) is 3.37. The second-order valence-corrected chi connectivity index (χ2v) is 5.35. The number of hydrogen-bond donors (Lipinski definition) is 1. The number of ether oxygens (including phenoxy) is 1. The van der Waals surface area contributed by atoms with Gasteiger partial charge in [-0.3, -0.25) is 0 Å². The third-order valence-electron chi connectivity index (χ3n) is 2.66. The van der Waals surface area contributed by atoms with Crippen molar-refractivity contribution in [2.75, 3.05) is 6.54 Å². The summed E-state index contributed by atoms with van der Waals surface area (Å²) in [5.41, 5.74) is 7.97. The molecule has 0 aliphatic rings. The van der Waals surface area contributed by atoms with Crippen LogP contribution in [0.3, 0.4) is 0 Å². The van der Waals surface area contributed by atoms with Gasteiger partial charge in [-0.15, -0.1) is 0 Å². The quantitative estimate of drug-likeness (QED) is 0.837. The third kappa shape index (κ3) is 3.99. The molecule has 0 radical (unpaired) electrons. The lowest BCUT2D eigenvalue weighted by Gasteiger charge is -2.07. The molecule has 0 saturated heterocycles. The largest absolute Gasteiger partial charge is 0.489 e. The molecule has 0 heterocycles. The first-order valence-corrected chi connectivity index (χ1v) is 7.02. The van der Waals surface area contributed by atoms with Crippen LogP contribution >= 0.6 is 22.6 Å². The summed E-state index contributed by atoms with van der Waals surface area (Å²) in [6.45, 7) is 1.29. The fourth-order valence-electron chi connectivity index (χ4n) is 1.69. The Morgan fingerprint density at radius 2 is 1.72 bits per heavy atom. The maximum Gasteiger partial charge on any atom is 0.120 e. The fraction of sp³-hybridized carbons (Fsp3) is 0.200. The van der Waals surface area contributed by atoms with Crippen LogP contribution in [0.4, 0.5) is 0 Å². The van der Waals surface area contributed by atoms with Crippen LogP contribution in [0.1, 0.15) is 11.1 Å². The number of nitrogens with two attached hydrogens (primary N) is 1. The number of benzene rings is 2. The van der Waals surface area contributed by atoms with Crippen LogP contribution in [0.15, 0.2) is 48.5 Å². The Labute approximate surface area is 121 Å². The standard InChI is InChI=1S/C15H16INO/c16-14-2-1-3-15(10-14)18-11-13-6-4-12(5-7-13)8-9-17/h1-7,10H,8-9,11,17H2. The fourth-order valence-corrected chi connectivity index (χ4v) is 2.21. The summed E-state index contributed by atoms with van der Waals surface area (Å²) in [4.78, 5) is 0. The summed E-state index contributed by atoms with van der Waals surface area (Å²) in [7, 11) is 0. The van der Waals surface area contributed by atoms with E-state index in [0.717, 1.165) is 12.2 Å². The lowest BCUT2D eigenvalue weighted by atomic mass is 10.1. The monoisotopic (exact) mass is 353 g/mol. The minimum Gasteiger partial charge on any atom is -0.489 e. The molecule has 0 aromatic heterocycles. The molecule has 94 valence electrons. The van der Waals surface area contributed by atoms with E-state index in [1.165, 1.54) is 14.7 Å². The lowest BCUT2D eigenvalue weighted by Crippen LogP contribution is -2.03. The van der Waals surface area contributed by atoms with Gasteiger partial charge in [0.15, 0.2) is 0 Å². The van der Waals surface area contributed by atoms with Crippen LogP contribution in [0, 0.1) is 3.57 Å². The minimum atomic E-state index is 0.600. The van der Waals surface area contributed by atoms with Crippen molar-refractivity contribution in [2.45, 2.75) is 13.0 Å². The molecule has 2 rings (SSSR count). The minimum absolute atomic E-state index is 0.600. The van der Waals surface area contributed by atoms with Crippen molar-refractivity contribution in [3.8, 4) is 5.75 Å². The summed E-state index contributed by atoms with van der Waals surface area (Å²) in [6.07, 6.45) is 0.929. The van der Waals surface area contributed by atoms with E-state index in [1.54, 1.807) is 0 Å². The van der Waals surface area contributed by atoms with Gasteiger partial charge in [0, 0.05) is 3.57 Å². The zero-order valence-electron chi connectivity index (χ0n) is 10.1. The number of rotatable bonds is 5. The summed E-state index contributed by atoms with van der Waals surface area (Å²) in [5, 5.41) is 0. The third-order valence-corrected chi connectivity index (χ3v) is 3.33. The van der Waals surface area contributed by atoms with Crippen LogP contribution in [0.2, 0.25) is 0 Å². The number of hydrogen-bond acceptors (Lipinski definition) is 2. The molecule has 0 atom stereocenters. The van der Waals surface area contributed by atoms with E-state index in [1.807, 2.05) is 18.2 Å². The molecular weight excluding hydrogens is 337 g/mol. The Morgan fingerprint density at radius 3 is 2.39 bits per heavy atom. The SMILES string of the molecule is NCCc1ccc(COc2cccc(I)c2)cc1. The van der Waals surface area contributed by atoms with Crippen molar-refractivity contribution >= 4 is 22.6 Å². The molecule has 0 spiro atoms. The molecule has 2 aromatic rings. The van der Waals surface area contributed by atoms with Gasteiger partial charge in [-0.25, -0.2) is 0 Å². The van der Waals surface area contributed by atoms with E-state index in [0.29, 0.717) is 13.2 Å². The van der Waals surface area contributed by atoms with E-state index in [9.17, 15) is 0 Å². The van der Waals surface area contributed by atoms with Crippen LogP contribution in [0.25, 0.3) is 0 Å². The highest BCUT2D eigenvalue weighted by molar-refractivity contribution is 14.1. The molecule has 2 N–H and O–H groups in total. The van der Waals surface area contributed by atoms with E-state index in [2.05, 4.69) is 52.9 Å². The Hall–Kier alpha value is -1.07. The molecule has 0 bridgehead atoms. The summed E-state index contributed by atoms with van der Waals surface area (Å²) < 4.78 is 6.93. The zero-order valence-corrected chi connectivity index (χ0v) is 12.3. The van der Waals surface area contributed by atoms with Crippen LogP contribution in [-0.4, -0.2) is 6.54 Å². The summed E-state index contributed by atoms with van der Waals surface area (Å²) in [5.74, 6) is 0.910. The smallest absolute Gasteiger partial charge is 0.120 e. The van der Waals surface area contributed by atoms with Gasteiger partial charge in [0.2, 0.25) is 0 Å². The van der Waals surface area contributed by atoms with E-state index < -0.39 is 0 Å². The highest BCUT2D eigenvalue weighted by atomic mass is 127. The zero-order chi connectivity index (χ0) is 12.8. The van der Waals surface area contributed by atoms with E-state index >= 15 is 0 Å². The highest BCUT2D eigenvalue weighted by Gasteiger charge is 1.97. The van der Waals surface area contributed by atoms with Crippen molar-refractivity contribution in [1.82, 2.24) is 0 Å². The van der Waals surface area contributed by atoms with Gasteiger partial charge in [0.1, 0.15) is 12.4 Å². The van der Waals surface area contributed by atoms with Gasteiger partial charge in [0.25, 0.3) is 0 Å². The van der Waals surface area contributed by atoms with Crippen molar-refractivity contribution in [2.24, 2.45) is 5.73 Å². The molecule has 0 aliphatic heterocycles. The molecule has 0 saturated carbocycles. The molecule has 0 unspecified atom stereocenters. The first-order valence-electron chi connectivity index (χ1n) is 5.94. The van der Waals surface area contributed by atoms with Crippen LogP contribution < -0.4 is 10.5 Å². The molecule has 18 heavy (non-hydrogen) atoms. The maximum atomic E-state index is 5.74. The Balaban J connectivity index is 1.93. The average Bonchev–Trinajstić information content (AvgIpc) is 2.38. The second kappa shape index (κ2) is 6.75. The van der Waals surface area contributed by atoms with Crippen LogP contribution in [-0.2, 0) is 13.0 Å². The number of halogens is 1. The maximum absolute atomic E-state index is 5.74. The Morgan fingerprint density at radius 1 is 1.00 bits per heavy atom.